The monoisotopic (exact) mass is 1950 g/mol. The molecule has 0 atom stereocenters. The first kappa shape index (κ1) is 112. The number of H-pyrrole nitrogens is 1. The van der Waals surface area contributed by atoms with Crippen molar-refractivity contribution in [2.45, 2.75) is 33.6 Å². The number of anilines is 1. The Kier molecular flexibility index (Phi) is 57.2. The second-order valence-electron chi connectivity index (χ2n) is 25.8. The highest BCUT2D eigenvalue weighted by Crippen LogP contribution is 2.19. The minimum atomic E-state index is -0.428. The van der Waals surface area contributed by atoms with Gasteiger partial charge >= 0.3 is 5.97 Å². The van der Waals surface area contributed by atoms with Crippen LogP contribution in [0.2, 0.25) is 30.1 Å². The molecule has 2 heterocycles. The van der Waals surface area contributed by atoms with Gasteiger partial charge in [-0.3, -0.25) is 96.7 Å². The number of methoxy groups -OCH3 is 1. The topological polar surface area (TPSA) is 585 Å². The number of nitrogens with zero attached hydrogens (tertiary/aromatic N) is 12. The second kappa shape index (κ2) is 66.4. The fourth-order valence-electron chi connectivity index (χ4n) is 8.54. The lowest BCUT2D eigenvalue weighted by Gasteiger charge is -1.99. The third-order valence-electron chi connectivity index (χ3n) is 14.6. The van der Waals surface area contributed by atoms with E-state index >= 15 is 0 Å². The van der Waals surface area contributed by atoms with Gasteiger partial charge < -0.3 is 50.0 Å². The van der Waals surface area contributed by atoms with E-state index in [2.05, 4.69) is 91.3 Å². The fraction of sp³-hybridized carbons (Fsp3) is 0.157. The Morgan fingerprint density at radius 1 is 0.423 bits per heavy atom. The second-order valence-corrected chi connectivity index (χ2v) is 29.1. The van der Waals surface area contributed by atoms with Crippen molar-refractivity contribution in [1.29, 1.82) is 43.3 Å². The number of Topliss-reactive ketones (excluding diaryl/α,β-unsaturated/α-hetero) is 1. The van der Waals surface area contributed by atoms with Gasteiger partial charge in [-0.25, -0.2) is 14.2 Å². The van der Waals surface area contributed by atoms with E-state index in [0.29, 0.717) is 47.6 Å². The van der Waals surface area contributed by atoms with E-state index < -0.39 is 11.8 Å². The number of carbonyl (C=O) groups excluding carboxylic acids is 2. The summed E-state index contributed by atoms with van der Waals surface area (Å²) in [6.45, 7) is 6.62. The number of rotatable bonds is 31. The molecule has 32 nitrogen and oxygen atoms in total. The number of carbonyl (C=O) groups is 2. The van der Waals surface area contributed by atoms with Crippen molar-refractivity contribution < 1.29 is 23.1 Å². The minimum absolute atomic E-state index is 0.0158. The molecular formula is C89H97BrCl6F2N28O4. The molecule has 41 heteroatoms. The van der Waals surface area contributed by atoms with Crippen LogP contribution in [0.15, 0.2) is 261 Å². The zero-order valence-electron chi connectivity index (χ0n) is 70.8. The minimum Gasteiger partial charge on any atom is -0.469 e. The van der Waals surface area contributed by atoms with E-state index in [1.807, 2.05) is 128 Å². The number of ether oxygens (including phenoxy) is 1. The highest BCUT2D eigenvalue weighted by Gasteiger charge is 2.07. The molecule has 8 aromatic carbocycles. The SMILES string of the molecule is CC(=O)CC(=N)CN=Cc1ccccc1Cl.COC(=O)CC(=N)CN=Cc1ccccc1Cl.Cc1ccccc1C=NCC(=N)N.Cc1nnc(N/N=C/c2ccccc2Cl)[nH]c1=O.N=C(N)CN=Cc1ccc(F)cc1Cl.N=C(N)CN=Cc1ccccc1Br.N=C(N)CN=Cc1ccccc1Cl.N=C(N)CN=Cc1ccccc1F.N=C(N)CN=Cc1ccncc1Cl. The lowest BCUT2D eigenvalue weighted by molar-refractivity contribution is -0.139. The van der Waals surface area contributed by atoms with Crippen LogP contribution in [0.3, 0.4) is 0 Å². The summed E-state index contributed by atoms with van der Waals surface area (Å²) in [6.07, 6.45) is 17.5. The third-order valence-corrected chi connectivity index (χ3v) is 17.4. The molecule has 2 aromatic heterocycles. The van der Waals surface area contributed by atoms with Crippen molar-refractivity contribution in [2.75, 3.05) is 64.9 Å². The van der Waals surface area contributed by atoms with Crippen molar-refractivity contribution >= 4 is 206 Å². The number of hydrazone groups is 1. The molecule has 0 saturated carbocycles. The molecule has 10 aromatic rings. The fourth-order valence-corrected chi connectivity index (χ4v) is 10.0. The summed E-state index contributed by atoms with van der Waals surface area (Å²) in [5.74, 6) is -0.812. The molecular weight excluding hydrogens is 1860 g/mol. The van der Waals surface area contributed by atoms with Gasteiger partial charge in [0.2, 0.25) is 5.95 Å². The summed E-state index contributed by atoms with van der Waals surface area (Å²) in [5, 5.41) is 71.2. The maximum absolute atomic E-state index is 12.9. The number of pyridine rings is 1. The average molecular weight is 1950 g/mol. The quantitative estimate of drug-likeness (QED) is 0.00831. The van der Waals surface area contributed by atoms with Crippen LogP contribution < -0.4 is 45.4 Å². The van der Waals surface area contributed by atoms with Crippen LogP contribution in [-0.4, -0.2) is 194 Å². The average Bonchev–Trinajstić information content (AvgIpc) is 0.873. The smallest absolute Gasteiger partial charge is 0.311 e. The van der Waals surface area contributed by atoms with Crippen molar-refractivity contribution in [3.8, 4) is 0 Å². The highest BCUT2D eigenvalue weighted by atomic mass is 79.9. The zero-order valence-corrected chi connectivity index (χ0v) is 76.9. The highest BCUT2D eigenvalue weighted by molar-refractivity contribution is 9.10. The van der Waals surface area contributed by atoms with Crippen molar-refractivity contribution in [3.63, 3.8) is 0 Å². The van der Waals surface area contributed by atoms with Gasteiger partial charge in [0.15, 0.2) is 0 Å². The van der Waals surface area contributed by atoms with Gasteiger partial charge in [-0.2, -0.15) is 5.10 Å². The van der Waals surface area contributed by atoms with Crippen LogP contribution in [-0.2, 0) is 14.3 Å². The number of benzene rings is 8. The molecule has 0 aliphatic carbocycles. The number of aromatic nitrogens is 4. The summed E-state index contributed by atoms with van der Waals surface area (Å²) < 4.78 is 31.0. The number of esters is 1. The maximum Gasteiger partial charge on any atom is 0.311 e. The van der Waals surface area contributed by atoms with Gasteiger partial charge in [-0.15, -0.1) is 10.2 Å². The van der Waals surface area contributed by atoms with Crippen LogP contribution in [0.4, 0.5) is 14.7 Å². The molecule has 0 spiro atoms. The van der Waals surface area contributed by atoms with Crippen LogP contribution in [0.1, 0.15) is 81.1 Å². The molecule has 0 radical (unpaired) electrons. The maximum atomic E-state index is 12.9. The molecule has 0 unspecified atom stereocenters. The summed E-state index contributed by atoms with van der Waals surface area (Å²) in [6, 6.07) is 57.0. The molecule has 10 rings (SSSR count). The van der Waals surface area contributed by atoms with E-state index in [4.69, 9.17) is 147 Å². The van der Waals surface area contributed by atoms with Crippen LogP contribution in [0, 0.1) is 68.8 Å². The van der Waals surface area contributed by atoms with Gasteiger partial charge in [0.05, 0.1) is 82.1 Å². The van der Waals surface area contributed by atoms with Gasteiger partial charge in [-0.1, -0.05) is 219 Å². The predicted octanol–water partition coefficient (Wildman–Crippen LogP) is 15.6. The summed E-state index contributed by atoms with van der Waals surface area (Å²) >= 11 is 38.6. The molecule has 0 fully saturated rings. The van der Waals surface area contributed by atoms with Crippen LogP contribution in [0.5, 0.6) is 0 Å². The van der Waals surface area contributed by atoms with E-state index in [-0.39, 0.29) is 134 Å². The van der Waals surface area contributed by atoms with Gasteiger partial charge in [0.1, 0.15) is 58.1 Å². The summed E-state index contributed by atoms with van der Waals surface area (Å²) in [7, 11) is 1.29. The van der Waals surface area contributed by atoms with E-state index in [0.717, 1.165) is 43.4 Å². The molecule has 680 valence electrons. The summed E-state index contributed by atoms with van der Waals surface area (Å²) in [5.41, 5.74) is 42.1. The Balaban J connectivity index is 0.000000496. The third kappa shape index (κ3) is 54.1. The number of hydrogen-bond acceptors (Lipinski definition) is 25. The van der Waals surface area contributed by atoms with Crippen molar-refractivity contribution in [1.82, 2.24) is 20.2 Å². The number of aryl methyl sites for hydroxylation is 2. The first-order valence-corrected chi connectivity index (χ1v) is 41.0. The normalized spacial score (nSPS) is 10.6. The lowest BCUT2D eigenvalue weighted by atomic mass is 10.1. The first-order chi connectivity index (χ1) is 62.0. The van der Waals surface area contributed by atoms with Crippen molar-refractivity contribution in [3.05, 3.63) is 324 Å². The molecule has 0 amide bonds. The Morgan fingerprint density at radius 2 is 0.762 bits per heavy atom. The number of hydrogen-bond donors (Lipinski definition) is 16. The molecule has 0 bridgehead atoms. The number of aliphatic imine (C=N–C) groups is 8. The number of halogens is 9. The molecule has 22 N–H and O–H groups in total. The number of amidine groups is 6. The predicted molar refractivity (Wildman–Crippen MR) is 535 cm³/mol. The van der Waals surface area contributed by atoms with Crippen LogP contribution in [0.25, 0.3) is 0 Å². The van der Waals surface area contributed by atoms with Gasteiger partial charge in [0, 0.05) is 149 Å². The van der Waals surface area contributed by atoms with Crippen LogP contribution >= 0.6 is 85.5 Å². The largest absolute Gasteiger partial charge is 0.469 e. The molecule has 0 saturated heterocycles. The Morgan fingerprint density at radius 3 is 1.14 bits per heavy atom. The summed E-state index contributed by atoms with van der Waals surface area (Å²) in [4.78, 5) is 70.8. The zero-order chi connectivity index (χ0) is 96.6. The van der Waals surface area contributed by atoms with E-state index in [9.17, 15) is 23.2 Å². The Hall–Kier alpha value is -14.1. The number of ketones is 1. The molecule has 0 aliphatic rings. The number of aromatic amines is 1. The molecule has 130 heavy (non-hydrogen) atoms. The van der Waals surface area contributed by atoms with Gasteiger partial charge in [0.25, 0.3) is 5.56 Å². The lowest BCUT2D eigenvalue weighted by Crippen LogP contribution is -2.15. The molecule has 0 aliphatic heterocycles. The van der Waals surface area contributed by atoms with Gasteiger partial charge in [-0.05, 0) is 92.6 Å². The number of nitrogens with one attached hydrogen (secondary N) is 10. The van der Waals surface area contributed by atoms with E-state index in [1.165, 1.54) is 68.7 Å². The number of nitrogens with two attached hydrogens (primary N) is 6. The standard InChI is InChI=1S/C12H13ClN2O2.C12H13ClN2O.C11H10ClN5O.C10H13N3.C9H10BrN3.C9H9ClFN3.C9H10ClN3.C9H10FN3.C8H9ClN4/c1-17-12(16)6-10(14)8-15-7-9-4-2-3-5-11(9)13;1-9(16)6-11(14)8-15-7-10-4-2-3-5-12(10)13;1-7-10(18)14-11(17-15-7)16-13-6-8-4-2-3-5-9(8)12;1-8-4-2-3-5-9(8)6-13-7-10(11)12;10-8-4-2-1-3-7(8)5-13-6-9(11)12;10-8-3-7(11)2-1-6(8)4-14-5-9(12)13;2*10-8-4-2-1-3-7(8)5-13-6-9(11)12;9-7-4-12-2-1-6(7)3-13-5-8(10)11/h2-5,7,14H,6,8H2,1H3;2-5,7,14H,6,8H2,1H3;2-6H,1H3,(H2,14,16,17,18);2-6H,7H2,1H3,(H3,11,12);1-5H,6H2,(H3,11,12);1-4H,5H2,(H3,12,13);2*1-5H,6H2,(H3,11,12);1-4H,5H2,(H3,10,11)/b;;13-6+;;;;;;. The van der Waals surface area contributed by atoms with Crippen molar-refractivity contribution in [2.24, 2.45) is 79.4 Å². The Bertz CT molecular complexity index is 5340. The Labute approximate surface area is 789 Å². The first-order valence-electron chi connectivity index (χ1n) is 37.9. The van der Waals surface area contributed by atoms with E-state index in [1.54, 1.807) is 98.9 Å².